The number of nitrogens with one attached hydrogen (secondary N) is 1. The highest BCUT2D eigenvalue weighted by atomic mass is 35.5. The van der Waals surface area contributed by atoms with Gasteiger partial charge in [-0.25, -0.2) is 4.98 Å². The van der Waals surface area contributed by atoms with Gasteiger partial charge in [-0.3, -0.25) is 4.79 Å². The number of rotatable bonds is 11. The van der Waals surface area contributed by atoms with Crippen LogP contribution in [0.5, 0.6) is 11.5 Å². The molecule has 176 valence electrons. The monoisotopic (exact) mass is 497 g/mol. The molecular formula is C26H25Cl2N3O3. The predicted octanol–water partition coefficient (Wildman–Crippen LogP) is 5.55. The summed E-state index contributed by atoms with van der Waals surface area (Å²) in [6, 6.07) is 22.3. The van der Waals surface area contributed by atoms with Gasteiger partial charge in [-0.15, -0.1) is 0 Å². The third kappa shape index (κ3) is 6.65. The Morgan fingerprint density at radius 1 is 0.882 bits per heavy atom. The number of fused-ring (bicyclic) bond motifs is 1. The molecule has 0 aliphatic carbocycles. The number of para-hydroxylation sites is 2. The number of carbonyl (C=O) groups is 1. The lowest BCUT2D eigenvalue weighted by Gasteiger charge is -2.11. The summed E-state index contributed by atoms with van der Waals surface area (Å²) in [6.07, 6.45) is 1.49. The van der Waals surface area contributed by atoms with Crippen molar-refractivity contribution >= 4 is 40.1 Å². The van der Waals surface area contributed by atoms with Crippen LogP contribution in [0.3, 0.4) is 0 Å². The van der Waals surface area contributed by atoms with Gasteiger partial charge in [0.05, 0.1) is 17.6 Å². The fraction of sp³-hybridized carbons (Fsp3) is 0.231. The highest BCUT2D eigenvalue weighted by Gasteiger charge is 2.11. The third-order valence-corrected chi connectivity index (χ3v) is 5.72. The number of amides is 1. The van der Waals surface area contributed by atoms with E-state index in [1.165, 1.54) is 0 Å². The number of benzene rings is 3. The van der Waals surface area contributed by atoms with E-state index in [0.717, 1.165) is 35.4 Å². The van der Waals surface area contributed by atoms with E-state index in [9.17, 15) is 4.79 Å². The molecule has 1 amide bonds. The lowest BCUT2D eigenvalue weighted by molar-refractivity contribution is -0.123. The molecule has 0 spiro atoms. The van der Waals surface area contributed by atoms with Crippen molar-refractivity contribution in [3.05, 3.63) is 88.7 Å². The molecule has 0 bridgehead atoms. The summed E-state index contributed by atoms with van der Waals surface area (Å²) in [7, 11) is 0. The summed E-state index contributed by atoms with van der Waals surface area (Å²) in [5.41, 5.74) is 2.02. The predicted molar refractivity (Wildman–Crippen MR) is 135 cm³/mol. The zero-order valence-electron chi connectivity index (χ0n) is 18.5. The second-order valence-electron chi connectivity index (χ2n) is 7.67. The molecule has 0 aliphatic heterocycles. The van der Waals surface area contributed by atoms with E-state index < -0.39 is 0 Å². The Morgan fingerprint density at radius 3 is 2.24 bits per heavy atom. The minimum absolute atomic E-state index is 0.0395. The van der Waals surface area contributed by atoms with Gasteiger partial charge in [-0.1, -0.05) is 35.3 Å². The minimum Gasteiger partial charge on any atom is -0.492 e. The van der Waals surface area contributed by atoms with Crippen LogP contribution in [0.4, 0.5) is 0 Å². The maximum Gasteiger partial charge on any atom is 0.257 e. The number of hydrogen-bond donors (Lipinski definition) is 1. The van der Waals surface area contributed by atoms with Crippen LogP contribution in [0.15, 0.2) is 72.8 Å². The molecule has 1 aromatic heterocycles. The molecule has 4 rings (SSSR count). The van der Waals surface area contributed by atoms with Gasteiger partial charge in [0.25, 0.3) is 5.91 Å². The van der Waals surface area contributed by atoms with Crippen molar-refractivity contribution in [1.82, 2.24) is 14.9 Å². The first-order valence-electron chi connectivity index (χ1n) is 11.1. The smallest absolute Gasteiger partial charge is 0.257 e. The maximum absolute atomic E-state index is 12.1. The van der Waals surface area contributed by atoms with Crippen LogP contribution in [0.1, 0.15) is 12.2 Å². The summed E-state index contributed by atoms with van der Waals surface area (Å²) in [5, 5.41) is 4.20. The number of aryl methyl sites for hydroxylation is 1. The highest BCUT2D eigenvalue weighted by molar-refractivity contribution is 6.30. The molecule has 0 radical (unpaired) electrons. The normalized spacial score (nSPS) is 10.9. The average molecular weight is 498 g/mol. The van der Waals surface area contributed by atoms with E-state index in [2.05, 4.69) is 16.0 Å². The van der Waals surface area contributed by atoms with Crippen LogP contribution in [0.2, 0.25) is 10.0 Å². The highest BCUT2D eigenvalue weighted by Crippen LogP contribution is 2.19. The Labute approximate surface area is 208 Å². The molecule has 0 atom stereocenters. The van der Waals surface area contributed by atoms with Crippen LogP contribution in [-0.2, 0) is 17.8 Å². The van der Waals surface area contributed by atoms with E-state index in [1.807, 2.05) is 42.5 Å². The molecule has 0 aliphatic rings. The maximum atomic E-state index is 12.1. The second kappa shape index (κ2) is 11.8. The second-order valence-corrected chi connectivity index (χ2v) is 8.54. The summed E-state index contributed by atoms with van der Waals surface area (Å²) in [6.45, 7) is 1.67. The standard InChI is InChI=1S/C26H25Cl2N3O3/c27-19-7-11-21(12-8-19)33-17-16-31-24-5-2-1-4-23(24)30-25(31)6-3-15-29-26(32)18-34-22-13-9-20(28)10-14-22/h1-2,4-5,7-14H,3,6,15-18H2,(H,29,32). The topological polar surface area (TPSA) is 65.4 Å². The van der Waals surface area contributed by atoms with Gasteiger partial charge >= 0.3 is 0 Å². The quantitative estimate of drug-likeness (QED) is 0.276. The van der Waals surface area contributed by atoms with Crippen LogP contribution >= 0.6 is 23.2 Å². The molecule has 4 aromatic rings. The number of hydrogen-bond acceptors (Lipinski definition) is 4. The zero-order chi connectivity index (χ0) is 23.8. The molecule has 1 heterocycles. The molecule has 1 N–H and O–H groups in total. The number of nitrogens with zero attached hydrogens (tertiary/aromatic N) is 2. The van der Waals surface area contributed by atoms with Crippen LogP contribution in [0, 0.1) is 0 Å². The van der Waals surface area contributed by atoms with Crippen LogP contribution in [-0.4, -0.2) is 35.2 Å². The molecule has 34 heavy (non-hydrogen) atoms. The number of halogens is 2. The first-order chi connectivity index (χ1) is 16.6. The molecule has 0 saturated carbocycles. The van der Waals surface area contributed by atoms with Crippen molar-refractivity contribution in [3.63, 3.8) is 0 Å². The van der Waals surface area contributed by atoms with Gasteiger partial charge < -0.3 is 19.4 Å². The van der Waals surface area contributed by atoms with Crippen molar-refractivity contribution in [2.45, 2.75) is 19.4 Å². The van der Waals surface area contributed by atoms with E-state index >= 15 is 0 Å². The van der Waals surface area contributed by atoms with Gasteiger partial charge in [-0.2, -0.15) is 0 Å². The number of imidazole rings is 1. The van der Waals surface area contributed by atoms with Gasteiger partial charge in [-0.05, 0) is 67.1 Å². The van der Waals surface area contributed by atoms with Crippen molar-refractivity contribution in [1.29, 1.82) is 0 Å². The SMILES string of the molecule is O=C(COc1ccc(Cl)cc1)NCCCc1nc2ccccc2n1CCOc1ccc(Cl)cc1. The molecule has 0 unspecified atom stereocenters. The van der Waals surface area contributed by atoms with Crippen molar-refractivity contribution in [2.24, 2.45) is 0 Å². The molecule has 3 aromatic carbocycles. The molecule has 0 fully saturated rings. The largest absolute Gasteiger partial charge is 0.492 e. The summed E-state index contributed by atoms with van der Waals surface area (Å²) in [5.74, 6) is 2.18. The van der Waals surface area contributed by atoms with Gasteiger partial charge in [0.15, 0.2) is 6.61 Å². The Hall–Kier alpha value is -3.22. The lowest BCUT2D eigenvalue weighted by atomic mass is 10.3. The number of carbonyl (C=O) groups excluding carboxylic acids is 1. The van der Waals surface area contributed by atoms with Crippen molar-refractivity contribution in [3.8, 4) is 11.5 Å². The van der Waals surface area contributed by atoms with E-state index in [-0.39, 0.29) is 12.5 Å². The van der Waals surface area contributed by atoms with Gasteiger partial charge in [0, 0.05) is 23.0 Å². The molecule has 8 heteroatoms. The van der Waals surface area contributed by atoms with Crippen LogP contribution < -0.4 is 14.8 Å². The average Bonchev–Trinajstić information content (AvgIpc) is 3.20. The first-order valence-corrected chi connectivity index (χ1v) is 11.8. The zero-order valence-corrected chi connectivity index (χ0v) is 20.1. The third-order valence-electron chi connectivity index (χ3n) is 5.21. The number of ether oxygens (including phenoxy) is 2. The van der Waals surface area contributed by atoms with E-state index in [1.54, 1.807) is 24.3 Å². The Balaban J connectivity index is 1.27. The molecular weight excluding hydrogens is 473 g/mol. The Bertz CT molecular complexity index is 1220. The van der Waals surface area contributed by atoms with E-state index in [4.69, 9.17) is 37.7 Å². The minimum atomic E-state index is -0.167. The van der Waals surface area contributed by atoms with Crippen molar-refractivity contribution < 1.29 is 14.3 Å². The fourth-order valence-corrected chi connectivity index (χ4v) is 3.81. The first kappa shape index (κ1) is 23.9. The summed E-state index contributed by atoms with van der Waals surface area (Å²) < 4.78 is 13.5. The van der Waals surface area contributed by atoms with Gasteiger partial charge in [0.2, 0.25) is 0 Å². The molecule has 0 saturated heterocycles. The van der Waals surface area contributed by atoms with E-state index in [0.29, 0.717) is 35.5 Å². The summed E-state index contributed by atoms with van der Waals surface area (Å²) in [4.78, 5) is 16.9. The van der Waals surface area contributed by atoms with Crippen molar-refractivity contribution in [2.75, 3.05) is 19.8 Å². The summed E-state index contributed by atoms with van der Waals surface area (Å²) >= 11 is 11.8. The Morgan fingerprint density at radius 2 is 1.53 bits per heavy atom. The van der Waals surface area contributed by atoms with Crippen LogP contribution in [0.25, 0.3) is 11.0 Å². The fourth-order valence-electron chi connectivity index (χ4n) is 3.56. The number of aromatic nitrogens is 2. The lowest BCUT2D eigenvalue weighted by Crippen LogP contribution is -2.30. The Kier molecular flexibility index (Phi) is 8.28. The molecule has 6 nitrogen and oxygen atoms in total. The van der Waals surface area contributed by atoms with Gasteiger partial charge in [0.1, 0.15) is 23.9 Å².